The van der Waals surface area contributed by atoms with E-state index in [1.165, 1.54) is 0 Å². The molecule has 136 valence electrons. The van der Waals surface area contributed by atoms with Crippen LogP contribution in [0.1, 0.15) is 91.9 Å². The molecular weight excluding hydrogens is 280 g/mol. The Balaban J connectivity index is 0. The molecule has 0 saturated carbocycles. The second-order valence-corrected chi connectivity index (χ2v) is 6.19. The number of aliphatic hydroxyl groups excluding tert-OH is 4. The Morgan fingerprint density at radius 3 is 1.32 bits per heavy atom. The molecule has 4 unspecified atom stereocenters. The maximum absolute atomic E-state index is 9.33. The second-order valence-electron chi connectivity index (χ2n) is 6.19. The summed E-state index contributed by atoms with van der Waals surface area (Å²) in [6.45, 7) is 8.17. The first-order valence-corrected chi connectivity index (χ1v) is 9.14. The second kappa shape index (κ2) is 17.2. The molecule has 4 atom stereocenters. The molecule has 0 aliphatic carbocycles. The SMILES string of the molecule is CCCC(O)CC(O)CCC.CCCCC(O)C(O)CCC. The van der Waals surface area contributed by atoms with Crippen LogP contribution in [0.3, 0.4) is 0 Å². The van der Waals surface area contributed by atoms with Crippen molar-refractivity contribution in [1.82, 2.24) is 0 Å². The lowest BCUT2D eigenvalue weighted by molar-refractivity contribution is 0.00843. The molecule has 4 nitrogen and oxygen atoms in total. The Bertz CT molecular complexity index is 201. The lowest BCUT2D eigenvalue weighted by Crippen LogP contribution is -2.25. The normalized spacial score (nSPS) is 16.4. The van der Waals surface area contributed by atoms with E-state index in [-0.39, 0.29) is 12.2 Å². The van der Waals surface area contributed by atoms with E-state index in [1.54, 1.807) is 0 Å². The lowest BCUT2D eigenvalue weighted by atomic mass is 10.0. The molecule has 22 heavy (non-hydrogen) atoms. The molecule has 0 aromatic rings. The van der Waals surface area contributed by atoms with Crippen LogP contribution in [0.2, 0.25) is 0 Å². The summed E-state index contributed by atoms with van der Waals surface area (Å²) in [5.41, 5.74) is 0. The average molecular weight is 321 g/mol. The van der Waals surface area contributed by atoms with Crippen molar-refractivity contribution in [2.24, 2.45) is 0 Å². The number of hydrogen-bond acceptors (Lipinski definition) is 4. The standard InChI is InChI=1S/2C9H20O2/c1-3-5-8(10)7-9(11)6-4-2;1-3-5-7-9(11)8(10)6-4-2/h2*8-11H,3-7H2,1-2H3. The Hall–Kier alpha value is -0.160. The van der Waals surface area contributed by atoms with Crippen molar-refractivity contribution >= 4 is 0 Å². The zero-order chi connectivity index (χ0) is 17.4. The van der Waals surface area contributed by atoms with E-state index in [1.807, 2.05) is 20.8 Å². The fourth-order valence-corrected chi connectivity index (χ4v) is 2.31. The molecule has 0 aromatic heterocycles. The fourth-order valence-electron chi connectivity index (χ4n) is 2.31. The van der Waals surface area contributed by atoms with Gasteiger partial charge in [0.2, 0.25) is 0 Å². The largest absolute Gasteiger partial charge is 0.393 e. The molecule has 0 aliphatic heterocycles. The van der Waals surface area contributed by atoms with Crippen LogP contribution in [0.15, 0.2) is 0 Å². The van der Waals surface area contributed by atoms with E-state index in [2.05, 4.69) is 6.92 Å². The first-order chi connectivity index (χ1) is 10.4. The summed E-state index contributed by atoms with van der Waals surface area (Å²) in [5.74, 6) is 0. The van der Waals surface area contributed by atoms with Gasteiger partial charge in [-0.1, -0.05) is 59.8 Å². The molecule has 4 N–H and O–H groups in total. The first kappa shape index (κ1) is 24.1. The third-order valence-corrected chi connectivity index (χ3v) is 3.67. The van der Waals surface area contributed by atoms with Crippen LogP contribution in [0.25, 0.3) is 0 Å². The highest BCUT2D eigenvalue weighted by Gasteiger charge is 2.13. The Morgan fingerprint density at radius 2 is 0.955 bits per heavy atom. The molecule has 0 spiro atoms. The van der Waals surface area contributed by atoms with Gasteiger partial charge in [-0.05, 0) is 32.1 Å². The van der Waals surface area contributed by atoms with Gasteiger partial charge >= 0.3 is 0 Å². The molecular formula is C18H40O4. The molecule has 0 aromatic carbocycles. The summed E-state index contributed by atoms with van der Waals surface area (Å²) in [4.78, 5) is 0. The number of aliphatic hydroxyl groups is 4. The van der Waals surface area contributed by atoms with Crippen LogP contribution < -0.4 is 0 Å². The van der Waals surface area contributed by atoms with Crippen LogP contribution in [-0.4, -0.2) is 44.8 Å². The van der Waals surface area contributed by atoms with Crippen LogP contribution in [0, 0.1) is 0 Å². The fraction of sp³-hybridized carbons (Fsp3) is 1.00. The lowest BCUT2D eigenvalue weighted by Gasteiger charge is -2.16. The monoisotopic (exact) mass is 320 g/mol. The van der Waals surface area contributed by atoms with Gasteiger partial charge in [-0.15, -0.1) is 0 Å². The van der Waals surface area contributed by atoms with E-state index in [0.29, 0.717) is 12.8 Å². The maximum atomic E-state index is 9.33. The Morgan fingerprint density at radius 1 is 0.545 bits per heavy atom. The van der Waals surface area contributed by atoms with E-state index >= 15 is 0 Å². The van der Waals surface area contributed by atoms with Crippen molar-refractivity contribution in [2.75, 3.05) is 0 Å². The van der Waals surface area contributed by atoms with Crippen molar-refractivity contribution < 1.29 is 20.4 Å². The van der Waals surface area contributed by atoms with E-state index in [9.17, 15) is 20.4 Å². The predicted molar refractivity (Wildman–Crippen MR) is 92.9 cm³/mol. The molecule has 0 rings (SSSR count). The van der Waals surface area contributed by atoms with Gasteiger partial charge in [-0.2, -0.15) is 0 Å². The van der Waals surface area contributed by atoms with Gasteiger partial charge in [0.25, 0.3) is 0 Å². The van der Waals surface area contributed by atoms with Crippen molar-refractivity contribution in [2.45, 2.75) is 116 Å². The minimum Gasteiger partial charge on any atom is -0.393 e. The van der Waals surface area contributed by atoms with Crippen LogP contribution in [-0.2, 0) is 0 Å². The van der Waals surface area contributed by atoms with Gasteiger partial charge in [-0.25, -0.2) is 0 Å². The van der Waals surface area contributed by atoms with E-state index in [4.69, 9.17) is 0 Å². The molecule has 4 heteroatoms. The van der Waals surface area contributed by atoms with Gasteiger partial charge in [0, 0.05) is 0 Å². The molecule has 0 aliphatic rings. The number of unbranched alkanes of at least 4 members (excludes halogenated alkanes) is 1. The molecule has 0 radical (unpaired) electrons. The topological polar surface area (TPSA) is 80.9 Å². The molecule has 0 heterocycles. The third-order valence-electron chi connectivity index (χ3n) is 3.67. The van der Waals surface area contributed by atoms with Crippen LogP contribution >= 0.6 is 0 Å². The summed E-state index contributed by atoms with van der Waals surface area (Å²) >= 11 is 0. The minimum atomic E-state index is -0.508. The Labute approximate surface area is 137 Å². The molecule has 0 bridgehead atoms. The molecule has 0 fully saturated rings. The van der Waals surface area contributed by atoms with E-state index < -0.39 is 12.2 Å². The van der Waals surface area contributed by atoms with Gasteiger partial charge in [-0.3, -0.25) is 0 Å². The van der Waals surface area contributed by atoms with Crippen LogP contribution in [0.4, 0.5) is 0 Å². The minimum absolute atomic E-state index is 0.304. The first-order valence-electron chi connectivity index (χ1n) is 9.14. The summed E-state index contributed by atoms with van der Waals surface area (Å²) in [7, 11) is 0. The van der Waals surface area contributed by atoms with Crippen molar-refractivity contribution in [3.05, 3.63) is 0 Å². The van der Waals surface area contributed by atoms with Gasteiger partial charge < -0.3 is 20.4 Å². The van der Waals surface area contributed by atoms with Gasteiger partial charge in [0.1, 0.15) is 0 Å². The Kier molecular flexibility index (Phi) is 18.8. The van der Waals surface area contributed by atoms with Crippen molar-refractivity contribution in [3.8, 4) is 0 Å². The zero-order valence-electron chi connectivity index (χ0n) is 15.2. The average Bonchev–Trinajstić information content (AvgIpc) is 2.46. The number of rotatable bonds is 12. The number of hydrogen-bond donors (Lipinski definition) is 4. The highest BCUT2D eigenvalue weighted by molar-refractivity contribution is 4.65. The van der Waals surface area contributed by atoms with Crippen molar-refractivity contribution in [1.29, 1.82) is 0 Å². The quantitative estimate of drug-likeness (QED) is 0.444. The summed E-state index contributed by atoms with van der Waals surface area (Å²) in [6.07, 6.45) is 6.97. The predicted octanol–water partition coefficient (Wildman–Crippen LogP) is 3.40. The van der Waals surface area contributed by atoms with Gasteiger partial charge in [0.15, 0.2) is 0 Å². The summed E-state index contributed by atoms with van der Waals surface area (Å²) < 4.78 is 0. The van der Waals surface area contributed by atoms with Gasteiger partial charge in [0.05, 0.1) is 24.4 Å². The highest BCUT2D eigenvalue weighted by atomic mass is 16.3. The zero-order valence-corrected chi connectivity index (χ0v) is 15.2. The van der Waals surface area contributed by atoms with Crippen LogP contribution in [0.5, 0.6) is 0 Å². The highest BCUT2D eigenvalue weighted by Crippen LogP contribution is 2.09. The third kappa shape index (κ3) is 16.2. The summed E-state index contributed by atoms with van der Waals surface area (Å²) in [6, 6.07) is 0. The smallest absolute Gasteiger partial charge is 0.0799 e. The molecule has 0 saturated heterocycles. The summed E-state index contributed by atoms with van der Waals surface area (Å²) in [5, 5.41) is 37.2. The van der Waals surface area contributed by atoms with E-state index in [0.717, 1.165) is 51.4 Å². The maximum Gasteiger partial charge on any atom is 0.0799 e. The van der Waals surface area contributed by atoms with Crippen molar-refractivity contribution in [3.63, 3.8) is 0 Å². The molecule has 0 amide bonds.